The molecule has 3 nitrogen and oxygen atoms in total. The molecule has 1 aromatic carbocycles. The number of hydrogen-bond acceptors (Lipinski definition) is 3. The number of benzene rings is 1. The molecule has 0 aromatic heterocycles. The number of hydrogen-bond donors (Lipinski definition) is 1. The van der Waals surface area contributed by atoms with Gasteiger partial charge in [0.1, 0.15) is 5.60 Å². The molecule has 0 atom stereocenters. The lowest BCUT2D eigenvalue weighted by atomic mass is 9.95. The van der Waals surface area contributed by atoms with Gasteiger partial charge in [0.15, 0.2) is 0 Å². The smallest absolute Gasteiger partial charge is 0.259 e. The summed E-state index contributed by atoms with van der Waals surface area (Å²) in [6.07, 6.45) is 2.00. The van der Waals surface area contributed by atoms with Crippen molar-refractivity contribution in [2.45, 2.75) is 24.9 Å². The van der Waals surface area contributed by atoms with Crippen LogP contribution in [-0.4, -0.2) is 34.7 Å². The standard InChI is InChI=1S/C14H16BrNO2S/c15-11-1-2-12-10(9-11)3-6-16(12)13(17)14(18)4-7-19-8-5-14/h1-2,9,18H,3-8H2. The zero-order chi connectivity index (χ0) is 13.5. The van der Waals surface area contributed by atoms with E-state index in [4.69, 9.17) is 0 Å². The second-order valence-corrected chi connectivity index (χ2v) is 7.26. The van der Waals surface area contributed by atoms with E-state index in [2.05, 4.69) is 22.0 Å². The maximum absolute atomic E-state index is 12.6. The van der Waals surface area contributed by atoms with E-state index >= 15 is 0 Å². The Bertz CT molecular complexity index is 514. The normalized spacial score (nSPS) is 21.3. The lowest BCUT2D eigenvalue weighted by Gasteiger charge is -2.34. The summed E-state index contributed by atoms with van der Waals surface area (Å²) in [5.74, 6) is 1.61. The number of anilines is 1. The highest BCUT2D eigenvalue weighted by Gasteiger charge is 2.42. The molecule has 1 N–H and O–H groups in total. The minimum absolute atomic E-state index is 0.117. The van der Waals surface area contributed by atoms with Crippen LogP contribution in [0, 0.1) is 0 Å². The Balaban J connectivity index is 1.87. The molecule has 3 rings (SSSR count). The fourth-order valence-corrected chi connectivity index (χ4v) is 4.33. The molecule has 1 aromatic rings. The van der Waals surface area contributed by atoms with Gasteiger partial charge in [0.2, 0.25) is 0 Å². The first-order valence-corrected chi connectivity index (χ1v) is 8.45. The average molecular weight is 342 g/mol. The van der Waals surface area contributed by atoms with Crippen molar-refractivity contribution >= 4 is 39.3 Å². The maximum atomic E-state index is 12.6. The highest BCUT2D eigenvalue weighted by atomic mass is 79.9. The van der Waals surface area contributed by atoms with Gasteiger partial charge >= 0.3 is 0 Å². The largest absolute Gasteiger partial charge is 0.380 e. The van der Waals surface area contributed by atoms with Crippen molar-refractivity contribution in [3.05, 3.63) is 28.2 Å². The van der Waals surface area contributed by atoms with Gasteiger partial charge in [-0.15, -0.1) is 0 Å². The molecule has 102 valence electrons. The number of halogens is 1. The van der Waals surface area contributed by atoms with Crippen molar-refractivity contribution in [3.63, 3.8) is 0 Å². The van der Waals surface area contributed by atoms with Crippen molar-refractivity contribution < 1.29 is 9.90 Å². The van der Waals surface area contributed by atoms with Crippen LogP contribution in [0.25, 0.3) is 0 Å². The van der Waals surface area contributed by atoms with Crippen LogP contribution in [0.15, 0.2) is 22.7 Å². The lowest BCUT2D eigenvalue weighted by molar-refractivity contribution is -0.137. The van der Waals surface area contributed by atoms with Crippen LogP contribution in [0.2, 0.25) is 0 Å². The molecule has 2 aliphatic heterocycles. The maximum Gasteiger partial charge on any atom is 0.259 e. The van der Waals surface area contributed by atoms with Gasteiger partial charge in [0, 0.05) is 16.7 Å². The molecule has 0 saturated carbocycles. The fraction of sp³-hybridized carbons (Fsp3) is 0.500. The molecule has 0 aliphatic carbocycles. The van der Waals surface area contributed by atoms with E-state index in [1.807, 2.05) is 23.9 Å². The topological polar surface area (TPSA) is 40.5 Å². The Morgan fingerprint density at radius 1 is 1.37 bits per heavy atom. The summed E-state index contributed by atoms with van der Waals surface area (Å²) in [5.41, 5.74) is 0.983. The molecule has 0 spiro atoms. The molecule has 1 amide bonds. The van der Waals surface area contributed by atoms with E-state index < -0.39 is 5.60 Å². The molecule has 0 radical (unpaired) electrons. The van der Waals surface area contributed by atoms with E-state index in [-0.39, 0.29) is 5.91 Å². The first kappa shape index (κ1) is 13.5. The Morgan fingerprint density at radius 3 is 2.84 bits per heavy atom. The van der Waals surface area contributed by atoms with Crippen molar-refractivity contribution in [1.82, 2.24) is 0 Å². The number of thioether (sulfide) groups is 1. The second-order valence-electron chi connectivity index (χ2n) is 5.12. The van der Waals surface area contributed by atoms with Gasteiger partial charge in [-0.25, -0.2) is 0 Å². The monoisotopic (exact) mass is 341 g/mol. The number of carbonyl (C=O) groups excluding carboxylic acids is 1. The third-order valence-electron chi connectivity index (χ3n) is 3.90. The predicted molar refractivity (Wildman–Crippen MR) is 81.7 cm³/mol. The van der Waals surface area contributed by atoms with Crippen molar-refractivity contribution in [3.8, 4) is 0 Å². The van der Waals surface area contributed by atoms with Gasteiger partial charge in [-0.05, 0) is 54.5 Å². The Morgan fingerprint density at radius 2 is 2.11 bits per heavy atom. The third-order valence-corrected chi connectivity index (χ3v) is 5.38. The number of aliphatic hydroxyl groups is 1. The highest BCUT2D eigenvalue weighted by Crippen LogP contribution is 2.35. The van der Waals surface area contributed by atoms with E-state index in [1.54, 1.807) is 4.90 Å². The van der Waals surface area contributed by atoms with E-state index in [9.17, 15) is 9.90 Å². The summed E-state index contributed by atoms with van der Waals surface area (Å²) in [4.78, 5) is 14.4. The van der Waals surface area contributed by atoms with E-state index in [1.165, 1.54) is 5.56 Å². The van der Waals surface area contributed by atoms with Crippen LogP contribution in [0.4, 0.5) is 5.69 Å². The molecule has 5 heteroatoms. The second kappa shape index (κ2) is 5.11. The summed E-state index contributed by atoms with van der Waals surface area (Å²) in [5, 5.41) is 10.6. The molecular weight excluding hydrogens is 326 g/mol. The zero-order valence-corrected chi connectivity index (χ0v) is 13.0. The molecule has 1 fully saturated rings. The minimum Gasteiger partial charge on any atom is -0.380 e. The summed E-state index contributed by atoms with van der Waals surface area (Å²) in [7, 11) is 0. The first-order valence-electron chi connectivity index (χ1n) is 6.51. The average Bonchev–Trinajstić information content (AvgIpc) is 2.81. The summed E-state index contributed by atoms with van der Waals surface area (Å²) in [6.45, 7) is 0.681. The van der Waals surface area contributed by atoms with Crippen LogP contribution in [0.5, 0.6) is 0 Å². The lowest BCUT2D eigenvalue weighted by Crippen LogP contribution is -2.50. The number of nitrogens with zero attached hydrogens (tertiary/aromatic N) is 1. The van der Waals surface area contributed by atoms with Crippen LogP contribution in [0.1, 0.15) is 18.4 Å². The molecule has 2 aliphatic rings. The van der Waals surface area contributed by atoms with Crippen molar-refractivity contribution in [1.29, 1.82) is 0 Å². The third kappa shape index (κ3) is 2.43. The molecular formula is C14H16BrNO2S. The number of amides is 1. The van der Waals surface area contributed by atoms with Crippen LogP contribution < -0.4 is 4.90 Å². The van der Waals surface area contributed by atoms with Gasteiger partial charge in [0.25, 0.3) is 5.91 Å². The zero-order valence-electron chi connectivity index (χ0n) is 10.6. The highest BCUT2D eigenvalue weighted by molar-refractivity contribution is 9.10. The first-order chi connectivity index (χ1) is 9.10. The van der Waals surface area contributed by atoms with Gasteiger partial charge in [-0.3, -0.25) is 4.79 Å². The molecule has 2 heterocycles. The van der Waals surface area contributed by atoms with E-state index in [0.29, 0.717) is 19.4 Å². The molecule has 19 heavy (non-hydrogen) atoms. The van der Waals surface area contributed by atoms with Gasteiger partial charge in [-0.2, -0.15) is 11.8 Å². The fourth-order valence-electron chi connectivity index (χ4n) is 2.76. The predicted octanol–water partition coefficient (Wildman–Crippen LogP) is 2.60. The Hall–Kier alpha value is -0.520. The minimum atomic E-state index is -1.15. The Kier molecular flexibility index (Phi) is 3.62. The van der Waals surface area contributed by atoms with Crippen LogP contribution in [0.3, 0.4) is 0 Å². The van der Waals surface area contributed by atoms with Gasteiger partial charge < -0.3 is 10.0 Å². The SMILES string of the molecule is O=C(N1CCc2cc(Br)ccc21)C1(O)CCSCC1. The molecule has 0 unspecified atom stereocenters. The number of carbonyl (C=O) groups is 1. The summed E-state index contributed by atoms with van der Waals surface area (Å²) in [6, 6.07) is 5.97. The number of rotatable bonds is 1. The number of fused-ring (bicyclic) bond motifs is 1. The van der Waals surface area contributed by atoms with Crippen LogP contribution >= 0.6 is 27.7 Å². The van der Waals surface area contributed by atoms with Crippen molar-refractivity contribution in [2.75, 3.05) is 23.0 Å². The van der Waals surface area contributed by atoms with Crippen LogP contribution in [-0.2, 0) is 11.2 Å². The quantitative estimate of drug-likeness (QED) is 0.853. The van der Waals surface area contributed by atoms with Gasteiger partial charge in [0.05, 0.1) is 0 Å². The molecule has 1 saturated heterocycles. The molecule has 0 bridgehead atoms. The van der Waals surface area contributed by atoms with E-state index in [0.717, 1.165) is 28.1 Å². The Labute approximate surface area is 125 Å². The van der Waals surface area contributed by atoms with Gasteiger partial charge in [-0.1, -0.05) is 15.9 Å². The summed E-state index contributed by atoms with van der Waals surface area (Å²) >= 11 is 5.26. The summed E-state index contributed by atoms with van der Waals surface area (Å²) < 4.78 is 1.04. The van der Waals surface area contributed by atoms with Crippen molar-refractivity contribution in [2.24, 2.45) is 0 Å².